The molecular formula is C18H25N3O2. The summed E-state index contributed by atoms with van der Waals surface area (Å²) in [6, 6.07) is 3.97. The molecular weight excluding hydrogens is 290 g/mol. The lowest BCUT2D eigenvalue weighted by Crippen LogP contribution is -2.52. The van der Waals surface area contributed by atoms with E-state index in [0.717, 1.165) is 25.0 Å². The molecule has 2 heterocycles. The van der Waals surface area contributed by atoms with Crippen molar-refractivity contribution < 1.29 is 9.59 Å². The van der Waals surface area contributed by atoms with Gasteiger partial charge < -0.3 is 14.8 Å². The molecule has 5 heteroatoms. The molecule has 0 bridgehead atoms. The zero-order valence-corrected chi connectivity index (χ0v) is 13.7. The highest BCUT2D eigenvalue weighted by molar-refractivity contribution is 5.90. The van der Waals surface area contributed by atoms with Gasteiger partial charge in [0.25, 0.3) is 0 Å². The quantitative estimate of drug-likeness (QED) is 0.930. The third-order valence-electron chi connectivity index (χ3n) is 5.64. The summed E-state index contributed by atoms with van der Waals surface area (Å²) in [6.07, 6.45) is 8.62. The first-order chi connectivity index (χ1) is 11.1. The molecule has 3 unspecified atom stereocenters. The number of amides is 2. The summed E-state index contributed by atoms with van der Waals surface area (Å²) in [7, 11) is 0. The lowest BCUT2D eigenvalue weighted by atomic mass is 9.85. The number of fused-ring (bicyclic) bond motifs is 1. The summed E-state index contributed by atoms with van der Waals surface area (Å²) in [6.45, 7) is 2.58. The van der Waals surface area contributed by atoms with Gasteiger partial charge in [-0.2, -0.15) is 0 Å². The van der Waals surface area contributed by atoms with Crippen LogP contribution in [0, 0.1) is 5.92 Å². The Labute approximate surface area is 137 Å². The molecule has 2 amide bonds. The standard InChI is InChI=1S/C18H25N3O2/c1-12-5-2-3-6-14(12)19-18(23)17-15-7-4-10-20(15)11-16(22)21(17)13-8-9-13/h4,7,10,12-14,17H,2-3,5-6,8-9,11H2,1H3,(H,19,23). The molecule has 0 saturated heterocycles. The van der Waals surface area contributed by atoms with Gasteiger partial charge in [0.15, 0.2) is 6.04 Å². The van der Waals surface area contributed by atoms with Crippen molar-refractivity contribution in [3.8, 4) is 0 Å². The van der Waals surface area contributed by atoms with E-state index in [1.54, 1.807) is 0 Å². The minimum atomic E-state index is -0.451. The van der Waals surface area contributed by atoms with E-state index in [9.17, 15) is 9.59 Å². The second kappa shape index (κ2) is 5.69. The number of aromatic nitrogens is 1. The number of rotatable bonds is 3. The van der Waals surface area contributed by atoms with Crippen molar-refractivity contribution in [3.05, 3.63) is 24.0 Å². The molecule has 5 nitrogen and oxygen atoms in total. The number of carbonyl (C=O) groups excluding carboxylic acids is 2. The molecule has 2 saturated carbocycles. The second-order valence-corrected chi connectivity index (χ2v) is 7.37. The molecule has 124 valence electrons. The maximum absolute atomic E-state index is 13.0. The number of carbonyl (C=O) groups is 2. The van der Waals surface area contributed by atoms with E-state index < -0.39 is 6.04 Å². The van der Waals surface area contributed by atoms with Gasteiger partial charge in [0.2, 0.25) is 11.8 Å². The molecule has 0 aromatic carbocycles. The van der Waals surface area contributed by atoms with Crippen LogP contribution < -0.4 is 5.32 Å². The Hall–Kier alpha value is -1.78. The van der Waals surface area contributed by atoms with Gasteiger partial charge in [0.1, 0.15) is 6.54 Å². The summed E-state index contributed by atoms with van der Waals surface area (Å²) in [5.41, 5.74) is 0.956. The first-order valence-corrected chi connectivity index (χ1v) is 8.91. The number of nitrogens with one attached hydrogen (secondary N) is 1. The van der Waals surface area contributed by atoms with E-state index in [-0.39, 0.29) is 23.9 Å². The van der Waals surface area contributed by atoms with Crippen LogP contribution in [0.15, 0.2) is 18.3 Å². The van der Waals surface area contributed by atoms with Crippen molar-refractivity contribution >= 4 is 11.8 Å². The smallest absolute Gasteiger partial charge is 0.249 e. The Morgan fingerprint density at radius 1 is 1.22 bits per heavy atom. The highest BCUT2D eigenvalue weighted by Gasteiger charge is 2.45. The van der Waals surface area contributed by atoms with Crippen LogP contribution >= 0.6 is 0 Å². The first-order valence-electron chi connectivity index (χ1n) is 8.91. The third kappa shape index (κ3) is 2.66. The number of nitrogens with zero attached hydrogens (tertiary/aromatic N) is 2. The highest BCUT2D eigenvalue weighted by Crippen LogP contribution is 2.38. The Kier molecular flexibility index (Phi) is 3.66. The number of hydrogen-bond acceptors (Lipinski definition) is 2. The molecule has 23 heavy (non-hydrogen) atoms. The Morgan fingerprint density at radius 3 is 2.74 bits per heavy atom. The van der Waals surface area contributed by atoms with Gasteiger partial charge in [-0.25, -0.2) is 0 Å². The zero-order valence-electron chi connectivity index (χ0n) is 13.7. The predicted octanol–water partition coefficient (Wildman–Crippen LogP) is 2.23. The molecule has 1 aliphatic heterocycles. The van der Waals surface area contributed by atoms with Crippen molar-refractivity contribution in [2.45, 2.75) is 70.1 Å². The van der Waals surface area contributed by atoms with E-state index >= 15 is 0 Å². The minimum absolute atomic E-state index is 0.00338. The molecule has 1 aromatic heterocycles. The maximum atomic E-state index is 13.0. The Morgan fingerprint density at radius 2 is 2.00 bits per heavy atom. The fourth-order valence-electron chi connectivity index (χ4n) is 4.15. The molecule has 1 aromatic rings. The molecule has 0 radical (unpaired) electrons. The predicted molar refractivity (Wildman–Crippen MR) is 86.6 cm³/mol. The lowest BCUT2D eigenvalue weighted by molar-refractivity contribution is -0.145. The summed E-state index contributed by atoms with van der Waals surface area (Å²) in [5.74, 6) is 0.602. The maximum Gasteiger partial charge on any atom is 0.249 e. The van der Waals surface area contributed by atoms with E-state index in [1.807, 2.05) is 27.8 Å². The Balaban J connectivity index is 1.59. The molecule has 2 fully saturated rings. The van der Waals surface area contributed by atoms with Crippen LogP contribution in [0.25, 0.3) is 0 Å². The third-order valence-corrected chi connectivity index (χ3v) is 5.64. The van der Waals surface area contributed by atoms with Gasteiger partial charge in [0, 0.05) is 18.3 Å². The average molecular weight is 315 g/mol. The summed E-state index contributed by atoms with van der Waals surface area (Å²) < 4.78 is 1.93. The van der Waals surface area contributed by atoms with Crippen LogP contribution in [-0.4, -0.2) is 33.4 Å². The molecule has 1 N–H and O–H groups in total. The average Bonchev–Trinajstić information content (AvgIpc) is 3.26. The largest absolute Gasteiger partial charge is 0.351 e. The van der Waals surface area contributed by atoms with Gasteiger partial charge in [-0.3, -0.25) is 9.59 Å². The first kappa shape index (κ1) is 14.8. The summed E-state index contributed by atoms with van der Waals surface area (Å²) in [5, 5.41) is 3.26. The highest BCUT2D eigenvalue weighted by atomic mass is 16.2. The van der Waals surface area contributed by atoms with Crippen molar-refractivity contribution in [1.82, 2.24) is 14.8 Å². The lowest BCUT2D eigenvalue weighted by Gasteiger charge is -2.38. The molecule has 3 aliphatic rings. The fraction of sp³-hybridized carbons (Fsp3) is 0.667. The molecule has 3 atom stereocenters. The van der Waals surface area contributed by atoms with Crippen molar-refractivity contribution in [2.75, 3.05) is 0 Å². The van der Waals surface area contributed by atoms with E-state index in [4.69, 9.17) is 0 Å². The fourth-order valence-corrected chi connectivity index (χ4v) is 4.15. The van der Waals surface area contributed by atoms with Gasteiger partial charge in [0.05, 0.1) is 5.69 Å². The van der Waals surface area contributed by atoms with Crippen LogP contribution in [0.1, 0.15) is 57.2 Å². The SMILES string of the molecule is CC1CCCCC1NC(=O)C1c2cccn2CC(=O)N1C1CC1. The normalized spacial score (nSPS) is 30.9. The van der Waals surface area contributed by atoms with Crippen LogP contribution in [0.2, 0.25) is 0 Å². The van der Waals surface area contributed by atoms with Gasteiger partial charge in [-0.15, -0.1) is 0 Å². The molecule has 0 spiro atoms. The van der Waals surface area contributed by atoms with Crippen molar-refractivity contribution in [2.24, 2.45) is 5.92 Å². The van der Waals surface area contributed by atoms with Crippen LogP contribution in [0.3, 0.4) is 0 Å². The zero-order chi connectivity index (χ0) is 16.0. The van der Waals surface area contributed by atoms with Gasteiger partial charge >= 0.3 is 0 Å². The second-order valence-electron chi connectivity index (χ2n) is 7.37. The van der Waals surface area contributed by atoms with Crippen LogP contribution in [-0.2, 0) is 16.1 Å². The molecule has 2 aliphatic carbocycles. The monoisotopic (exact) mass is 315 g/mol. The van der Waals surface area contributed by atoms with E-state index in [0.29, 0.717) is 12.5 Å². The summed E-state index contributed by atoms with van der Waals surface area (Å²) in [4.78, 5) is 27.4. The van der Waals surface area contributed by atoms with Crippen LogP contribution in [0.5, 0.6) is 0 Å². The van der Waals surface area contributed by atoms with E-state index in [1.165, 1.54) is 19.3 Å². The van der Waals surface area contributed by atoms with Crippen molar-refractivity contribution in [1.29, 1.82) is 0 Å². The van der Waals surface area contributed by atoms with Crippen molar-refractivity contribution in [3.63, 3.8) is 0 Å². The van der Waals surface area contributed by atoms with Gasteiger partial charge in [-0.1, -0.05) is 19.8 Å². The minimum Gasteiger partial charge on any atom is -0.351 e. The van der Waals surface area contributed by atoms with E-state index in [2.05, 4.69) is 12.2 Å². The van der Waals surface area contributed by atoms with Gasteiger partial charge in [-0.05, 0) is 43.7 Å². The topological polar surface area (TPSA) is 54.3 Å². The Bertz CT molecular complexity index is 620. The summed E-state index contributed by atoms with van der Waals surface area (Å²) >= 11 is 0. The van der Waals surface area contributed by atoms with Crippen LogP contribution in [0.4, 0.5) is 0 Å². The number of hydrogen-bond donors (Lipinski definition) is 1. The molecule has 4 rings (SSSR count).